The van der Waals surface area contributed by atoms with E-state index >= 15 is 0 Å². The highest BCUT2D eigenvalue weighted by Gasteiger charge is 2.34. The largest absolute Gasteiger partial charge is 0.452 e. The standard InChI is InChI=1S/C33H49NO2/c1-29(2,3)23-15-21-19-34-20-22-16-24(30(4,5)6)18-26(32(10,11)12)28(22)36-33(13,14)35-27(21)25(17-23)31(7,8)9/h15-19H,20H2,1-14H3. The fourth-order valence-corrected chi connectivity index (χ4v) is 4.52. The Bertz CT molecular complexity index is 1160. The van der Waals surface area contributed by atoms with Crippen LogP contribution in [0.15, 0.2) is 29.3 Å². The van der Waals surface area contributed by atoms with Crippen molar-refractivity contribution in [3.8, 4) is 11.5 Å². The predicted octanol–water partition coefficient (Wildman–Crippen LogP) is 9.00. The summed E-state index contributed by atoms with van der Waals surface area (Å²) in [5.74, 6) is 0.877. The van der Waals surface area contributed by atoms with Gasteiger partial charge in [0, 0.05) is 42.3 Å². The van der Waals surface area contributed by atoms with Gasteiger partial charge in [-0.1, -0.05) is 95.2 Å². The first-order valence-corrected chi connectivity index (χ1v) is 13.3. The van der Waals surface area contributed by atoms with Gasteiger partial charge >= 0.3 is 0 Å². The van der Waals surface area contributed by atoms with Crippen LogP contribution in [0, 0.1) is 0 Å². The second-order valence-electron chi connectivity index (χ2n) is 15.0. The van der Waals surface area contributed by atoms with Gasteiger partial charge in [0.1, 0.15) is 11.5 Å². The Morgan fingerprint density at radius 1 is 0.611 bits per heavy atom. The molecule has 3 nitrogen and oxygen atoms in total. The molecule has 0 atom stereocenters. The Hall–Kier alpha value is -2.29. The van der Waals surface area contributed by atoms with Crippen molar-refractivity contribution in [2.45, 2.75) is 131 Å². The topological polar surface area (TPSA) is 30.8 Å². The lowest BCUT2D eigenvalue weighted by molar-refractivity contribution is -0.0835. The zero-order chi connectivity index (χ0) is 27.5. The molecular formula is C33H49NO2. The smallest absolute Gasteiger partial charge is 0.245 e. The molecule has 0 unspecified atom stereocenters. The van der Waals surface area contributed by atoms with Crippen molar-refractivity contribution in [2.24, 2.45) is 4.99 Å². The van der Waals surface area contributed by atoms with Crippen LogP contribution < -0.4 is 9.47 Å². The second-order valence-corrected chi connectivity index (χ2v) is 15.0. The molecular weight excluding hydrogens is 442 g/mol. The Morgan fingerprint density at radius 3 is 1.53 bits per heavy atom. The van der Waals surface area contributed by atoms with Crippen LogP contribution in [0.25, 0.3) is 0 Å². The Balaban J connectivity index is 2.32. The summed E-state index contributed by atoms with van der Waals surface area (Å²) in [6, 6.07) is 9.12. The molecule has 2 aromatic carbocycles. The second kappa shape index (κ2) is 8.92. The van der Waals surface area contributed by atoms with E-state index in [0.29, 0.717) is 6.54 Å². The van der Waals surface area contributed by atoms with Crippen LogP contribution >= 0.6 is 0 Å². The number of hydrogen-bond donors (Lipinski definition) is 0. The van der Waals surface area contributed by atoms with Gasteiger partial charge in [-0.25, -0.2) is 0 Å². The number of nitrogens with zero attached hydrogens (tertiary/aromatic N) is 1. The number of benzene rings is 2. The molecule has 0 aliphatic carbocycles. The number of fused-ring (bicyclic) bond motifs is 2. The van der Waals surface area contributed by atoms with E-state index in [0.717, 1.165) is 22.6 Å². The summed E-state index contributed by atoms with van der Waals surface area (Å²) in [4.78, 5) is 4.97. The number of ether oxygens (including phenoxy) is 2. The molecule has 3 heteroatoms. The third kappa shape index (κ3) is 6.15. The van der Waals surface area contributed by atoms with E-state index < -0.39 is 5.79 Å². The van der Waals surface area contributed by atoms with Crippen molar-refractivity contribution < 1.29 is 9.47 Å². The van der Waals surface area contributed by atoms with Crippen LogP contribution in [0.1, 0.15) is 130 Å². The van der Waals surface area contributed by atoms with E-state index in [9.17, 15) is 0 Å². The van der Waals surface area contributed by atoms with Crippen molar-refractivity contribution in [3.63, 3.8) is 0 Å². The van der Waals surface area contributed by atoms with Crippen LogP contribution in [0.4, 0.5) is 0 Å². The van der Waals surface area contributed by atoms with E-state index in [1.807, 2.05) is 20.1 Å². The van der Waals surface area contributed by atoms with Crippen molar-refractivity contribution in [1.29, 1.82) is 0 Å². The molecule has 0 fully saturated rings. The first-order valence-electron chi connectivity index (χ1n) is 13.3. The number of rotatable bonds is 0. The van der Waals surface area contributed by atoms with Crippen LogP contribution in [0.3, 0.4) is 0 Å². The van der Waals surface area contributed by atoms with E-state index in [-0.39, 0.29) is 21.7 Å². The molecule has 0 aromatic heterocycles. The molecule has 36 heavy (non-hydrogen) atoms. The maximum Gasteiger partial charge on any atom is 0.245 e. The van der Waals surface area contributed by atoms with Crippen LogP contribution in [-0.4, -0.2) is 12.0 Å². The van der Waals surface area contributed by atoms with Crippen molar-refractivity contribution in [1.82, 2.24) is 0 Å². The molecule has 0 bridgehead atoms. The number of aliphatic imine (C=N–C) groups is 1. The van der Waals surface area contributed by atoms with Gasteiger partial charge < -0.3 is 9.47 Å². The lowest BCUT2D eigenvalue weighted by atomic mass is 9.78. The summed E-state index contributed by atoms with van der Waals surface area (Å²) in [6.07, 6.45) is 2.01. The fraction of sp³-hybridized carbons (Fsp3) is 0.606. The van der Waals surface area contributed by atoms with Crippen molar-refractivity contribution >= 4 is 6.21 Å². The minimum atomic E-state index is -0.874. The van der Waals surface area contributed by atoms with Gasteiger partial charge in [-0.2, -0.15) is 0 Å². The molecule has 1 aliphatic heterocycles. The summed E-state index contributed by atoms with van der Waals surface area (Å²) in [5, 5.41) is 0. The zero-order valence-electron chi connectivity index (χ0n) is 25.4. The van der Waals surface area contributed by atoms with E-state index in [4.69, 9.17) is 14.5 Å². The molecule has 0 amide bonds. The summed E-state index contributed by atoms with van der Waals surface area (Å²) in [5.41, 5.74) is 6.90. The molecule has 1 aliphatic rings. The third-order valence-corrected chi connectivity index (χ3v) is 6.82. The van der Waals surface area contributed by atoms with Gasteiger partial charge in [-0.05, 0) is 44.9 Å². The average Bonchev–Trinajstić information content (AvgIpc) is 2.65. The molecule has 0 radical (unpaired) electrons. The highest BCUT2D eigenvalue weighted by Crippen LogP contribution is 2.43. The molecule has 3 rings (SSSR count). The van der Waals surface area contributed by atoms with Crippen LogP contribution in [-0.2, 0) is 28.2 Å². The van der Waals surface area contributed by atoms with Gasteiger partial charge in [0.25, 0.3) is 0 Å². The van der Waals surface area contributed by atoms with Crippen LogP contribution in [0.5, 0.6) is 11.5 Å². The molecule has 2 aromatic rings. The summed E-state index contributed by atoms with van der Waals surface area (Å²) < 4.78 is 13.6. The molecule has 0 saturated carbocycles. The molecule has 198 valence electrons. The van der Waals surface area contributed by atoms with Gasteiger partial charge in [0.2, 0.25) is 5.79 Å². The minimum Gasteiger partial charge on any atom is -0.452 e. The normalized spacial score (nSPS) is 16.5. The average molecular weight is 492 g/mol. The predicted molar refractivity (Wildman–Crippen MR) is 154 cm³/mol. The minimum absolute atomic E-state index is 0.0139. The Kier molecular flexibility index (Phi) is 7.01. The van der Waals surface area contributed by atoms with E-state index in [1.54, 1.807) is 0 Å². The maximum atomic E-state index is 6.81. The first-order chi connectivity index (χ1) is 16.1. The van der Waals surface area contributed by atoms with E-state index in [1.165, 1.54) is 22.3 Å². The lowest BCUT2D eigenvalue weighted by Gasteiger charge is -2.36. The Labute approximate surface area is 220 Å². The van der Waals surface area contributed by atoms with Gasteiger partial charge in [-0.3, -0.25) is 4.99 Å². The zero-order valence-corrected chi connectivity index (χ0v) is 25.4. The Morgan fingerprint density at radius 2 is 1.06 bits per heavy atom. The summed E-state index contributed by atoms with van der Waals surface area (Å²) in [6.45, 7) is 31.6. The highest BCUT2D eigenvalue weighted by atomic mass is 16.7. The van der Waals surface area contributed by atoms with Gasteiger partial charge in [-0.15, -0.1) is 0 Å². The quantitative estimate of drug-likeness (QED) is 0.368. The SMILES string of the molecule is CC1(C)Oc2c(cc(C(C)(C)C)cc2C(C)(C)C)C=NCc2cc(C(C)(C)C)cc(C(C)(C)C)c2O1. The van der Waals surface area contributed by atoms with Gasteiger partial charge in [0.15, 0.2) is 0 Å². The highest BCUT2D eigenvalue weighted by molar-refractivity contribution is 5.85. The van der Waals surface area contributed by atoms with E-state index in [2.05, 4.69) is 107 Å². The number of hydrogen-bond acceptors (Lipinski definition) is 3. The fourth-order valence-electron chi connectivity index (χ4n) is 4.52. The van der Waals surface area contributed by atoms with Crippen LogP contribution in [0.2, 0.25) is 0 Å². The van der Waals surface area contributed by atoms with Gasteiger partial charge in [0.05, 0.1) is 6.54 Å². The van der Waals surface area contributed by atoms with Crippen molar-refractivity contribution in [3.05, 3.63) is 57.6 Å². The summed E-state index contributed by atoms with van der Waals surface area (Å²) >= 11 is 0. The monoisotopic (exact) mass is 491 g/mol. The maximum absolute atomic E-state index is 6.81. The lowest BCUT2D eigenvalue weighted by Crippen LogP contribution is -2.38. The molecule has 0 N–H and O–H groups in total. The summed E-state index contributed by atoms with van der Waals surface area (Å²) in [7, 11) is 0. The van der Waals surface area contributed by atoms with Crippen molar-refractivity contribution in [2.75, 3.05) is 0 Å². The molecule has 0 saturated heterocycles. The first kappa shape index (κ1) is 28.3. The third-order valence-electron chi connectivity index (χ3n) is 6.82. The molecule has 0 spiro atoms. The molecule has 1 heterocycles.